The molecule has 0 radical (unpaired) electrons. The fraction of sp³-hybridized carbons (Fsp3) is 0.304. The average Bonchev–Trinajstić information content (AvgIpc) is 2.67. The summed E-state index contributed by atoms with van der Waals surface area (Å²) in [4.78, 5) is 9.17. The lowest BCUT2D eigenvalue weighted by molar-refractivity contribution is 0.171. The second kappa shape index (κ2) is 7.62. The Morgan fingerprint density at radius 1 is 0.862 bits per heavy atom. The van der Waals surface area contributed by atoms with Gasteiger partial charge in [0, 0.05) is 29.2 Å². The van der Waals surface area contributed by atoms with Crippen molar-refractivity contribution >= 4 is 23.1 Å². The maximum atomic E-state index is 5.66. The van der Waals surface area contributed by atoms with Gasteiger partial charge in [-0.15, -0.1) is 0 Å². The summed E-state index contributed by atoms with van der Waals surface area (Å²) in [5, 5.41) is 6.73. The van der Waals surface area contributed by atoms with Gasteiger partial charge < -0.3 is 20.1 Å². The lowest BCUT2D eigenvalue weighted by Crippen LogP contribution is -2.15. The molecule has 0 bridgehead atoms. The molecule has 0 saturated heterocycles. The third-order valence-electron chi connectivity index (χ3n) is 4.65. The van der Waals surface area contributed by atoms with Crippen molar-refractivity contribution in [1.29, 1.82) is 0 Å². The van der Waals surface area contributed by atoms with Gasteiger partial charge in [-0.25, -0.2) is 4.98 Å². The van der Waals surface area contributed by atoms with Crippen molar-refractivity contribution in [2.75, 3.05) is 23.8 Å². The van der Waals surface area contributed by atoms with E-state index in [4.69, 9.17) is 9.47 Å². The first-order valence-corrected chi connectivity index (χ1v) is 9.77. The van der Waals surface area contributed by atoms with Gasteiger partial charge in [-0.2, -0.15) is 4.98 Å². The van der Waals surface area contributed by atoms with Crippen LogP contribution >= 0.6 is 0 Å². The number of anilines is 4. The zero-order valence-corrected chi connectivity index (χ0v) is 17.2. The van der Waals surface area contributed by atoms with Gasteiger partial charge in [0.1, 0.15) is 19.0 Å². The first-order valence-electron chi connectivity index (χ1n) is 9.77. The van der Waals surface area contributed by atoms with Crippen LogP contribution in [0.15, 0.2) is 48.5 Å². The summed E-state index contributed by atoms with van der Waals surface area (Å²) in [6.07, 6.45) is 0. The lowest BCUT2D eigenvalue weighted by atomic mass is 9.86. The minimum atomic E-state index is 0.0257. The van der Waals surface area contributed by atoms with E-state index in [2.05, 4.69) is 59.6 Å². The van der Waals surface area contributed by atoms with E-state index in [1.54, 1.807) is 0 Å². The van der Waals surface area contributed by atoms with Gasteiger partial charge in [0.15, 0.2) is 11.5 Å². The van der Waals surface area contributed by atoms with E-state index in [9.17, 15) is 0 Å². The third-order valence-corrected chi connectivity index (χ3v) is 4.65. The predicted octanol–water partition coefficient (Wildman–Crippen LogP) is 5.34. The Balaban J connectivity index is 1.59. The van der Waals surface area contributed by atoms with E-state index in [1.807, 2.05) is 37.3 Å². The SMILES string of the molecule is Cc1cc(Nc2ccccc2C(C)(C)C)nc(Nc2ccc3c(c2)OCCO3)n1. The summed E-state index contributed by atoms with van der Waals surface area (Å²) in [5.41, 5.74) is 4.02. The van der Waals surface area contributed by atoms with Crippen LogP contribution in [0.4, 0.5) is 23.1 Å². The zero-order chi connectivity index (χ0) is 20.4. The van der Waals surface area contributed by atoms with Crippen LogP contribution in [0.1, 0.15) is 32.0 Å². The van der Waals surface area contributed by atoms with Crippen LogP contribution in [-0.4, -0.2) is 23.2 Å². The molecule has 2 N–H and O–H groups in total. The Hall–Kier alpha value is -3.28. The van der Waals surface area contributed by atoms with E-state index in [1.165, 1.54) is 5.56 Å². The van der Waals surface area contributed by atoms with Crippen molar-refractivity contribution in [3.05, 3.63) is 59.8 Å². The van der Waals surface area contributed by atoms with Crippen molar-refractivity contribution in [3.8, 4) is 11.5 Å². The highest BCUT2D eigenvalue weighted by molar-refractivity contribution is 5.65. The molecule has 1 aromatic heterocycles. The second-order valence-electron chi connectivity index (χ2n) is 8.12. The summed E-state index contributed by atoms with van der Waals surface area (Å²) in [5.74, 6) is 2.76. The van der Waals surface area contributed by atoms with E-state index >= 15 is 0 Å². The quantitative estimate of drug-likeness (QED) is 0.627. The van der Waals surface area contributed by atoms with Gasteiger partial charge in [-0.1, -0.05) is 39.0 Å². The monoisotopic (exact) mass is 390 g/mol. The molecule has 0 spiro atoms. The summed E-state index contributed by atoms with van der Waals surface area (Å²) < 4.78 is 11.2. The Labute approximate surface area is 171 Å². The van der Waals surface area contributed by atoms with Crippen molar-refractivity contribution in [2.45, 2.75) is 33.1 Å². The molecule has 2 heterocycles. The highest BCUT2D eigenvalue weighted by Crippen LogP contribution is 2.34. The van der Waals surface area contributed by atoms with Crippen LogP contribution in [0.5, 0.6) is 11.5 Å². The highest BCUT2D eigenvalue weighted by atomic mass is 16.6. The molecule has 6 heteroatoms. The van der Waals surface area contributed by atoms with Gasteiger partial charge in [0.2, 0.25) is 5.95 Å². The number of nitrogens with one attached hydrogen (secondary N) is 2. The van der Waals surface area contributed by atoms with Crippen molar-refractivity contribution in [1.82, 2.24) is 9.97 Å². The molecule has 0 fully saturated rings. The van der Waals surface area contributed by atoms with Gasteiger partial charge in [0.25, 0.3) is 0 Å². The van der Waals surface area contributed by atoms with Crippen LogP contribution in [0, 0.1) is 6.92 Å². The predicted molar refractivity (Wildman–Crippen MR) is 116 cm³/mol. The standard InChI is InChI=1S/C23H26N4O2/c1-15-13-21(26-18-8-6-5-7-17(18)23(2,3)4)27-22(24-15)25-16-9-10-19-20(14-16)29-12-11-28-19/h5-10,13-14H,11-12H2,1-4H3,(H2,24,25,26,27). The number of hydrogen-bond acceptors (Lipinski definition) is 6. The molecule has 3 aromatic rings. The van der Waals surface area contributed by atoms with Gasteiger partial charge in [-0.3, -0.25) is 0 Å². The van der Waals surface area contributed by atoms with E-state index < -0.39 is 0 Å². The van der Waals surface area contributed by atoms with Crippen molar-refractivity contribution in [2.24, 2.45) is 0 Å². The molecule has 1 aliphatic heterocycles. The minimum absolute atomic E-state index is 0.0257. The van der Waals surface area contributed by atoms with Crippen LogP contribution in [0.3, 0.4) is 0 Å². The molecule has 2 aromatic carbocycles. The number of hydrogen-bond donors (Lipinski definition) is 2. The smallest absolute Gasteiger partial charge is 0.229 e. The molecular formula is C23H26N4O2. The number of benzene rings is 2. The zero-order valence-electron chi connectivity index (χ0n) is 17.2. The first kappa shape index (κ1) is 19.1. The molecule has 6 nitrogen and oxygen atoms in total. The topological polar surface area (TPSA) is 68.3 Å². The Kier molecular flexibility index (Phi) is 5.01. The molecule has 1 aliphatic rings. The van der Waals surface area contributed by atoms with Crippen molar-refractivity contribution < 1.29 is 9.47 Å². The van der Waals surface area contributed by atoms with Crippen LogP contribution in [-0.2, 0) is 5.41 Å². The number of aryl methyl sites for hydroxylation is 1. The molecule has 29 heavy (non-hydrogen) atoms. The second-order valence-corrected chi connectivity index (χ2v) is 8.12. The molecule has 0 amide bonds. The van der Waals surface area contributed by atoms with Crippen LogP contribution in [0.2, 0.25) is 0 Å². The molecule has 0 aliphatic carbocycles. The van der Waals surface area contributed by atoms with Gasteiger partial charge in [0.05, 0.1) is 0 Å². The molecular weight excluding hydrogens is 364 g/mol. The lowest BCUT2D eigenvalue weighted by Gasteiger charge is -2.23. The number of rotatable bonds is 4. The Morgan fingerprint density at radius 3 is 2.41 bits per heavy atom. The van der Waals surface area contributed by atoms with Gasteiger partial charge >= 0.3 is 0 Å². The van der Waals surface area contributed by atoms with Crippen LogP contribution in [0.25, 0.3) is 0 Å². The fourth-order valence-corrected chi connectivity index (χ4v) is 3.32. The molecule has 0 saturated carbocycles. The Bertz CT molecular complexity index is 1030. The normalized spacial score (nSPS) is 13.1. The minimum Gasteiger partial charge on any atom is -0.486 e. The fourth-order valence-electron chi connectivity index (χ4n) is 3.32. The number of aromatic nitrogens is 2. The maximum absolute atomic E-state index is 5.66. The molecule has 0 unspecified atom stereocenters. The van der Waals surface area contributed by atoms with E-state index in [-0.39, 0.29) is 5.41 Å². The third kappa shape index (κ3) is 4.42. The summed E-state index contributed by atoms with van der Waals surface area (Å²) in [6.45, 7) is 9.69. The average molecular weight is 390 g/mol. The molecule has 4 rings (SSSR count). The Morgan fingerprint density at radius 2 is 1.62 bits per heavy atom. The highest BCUT2D eigenvalue weighted by Gasteiger charge is 2.18. The summed E-state index contributed by atoms with van der Waals surface area (Å²) in [7, 11) is 0. The molecule has 150 valence electrons. The summed E-state index contributed by atoms with van der Waals surface area (Å²) >= 11 is 0. The first-order chi connectivity index (χ1) is 13.9. The van der Waals surface area contributed by atoms with E-state index in [0.717, 1.165) is 34.4 Å². The largest absolute Gasteiger partial charge is 0.486 e. The maximum Gasteiger partial charge on any atom is 0.229 e. The molecule has 0 atom stereocenters. The van der Waals surface area contributed by atoms with Crippen LogP contribution < -0.4 is 20.1 Å². The van der Waals surface area contributed by atoms with E-state index in [0.29, 0.717) is 19.2 Å². The number of ether oxygens (including phenoxy) is 2. The number of fused-ring (bicyclic) bond motifs is 1. The van der Waals surface area contributed by atoms with Gasteiger partial charge in [-0.05, 0) is 36.1 Å². The summed E-state index contributed by atoms with van der Waals surface area (Å²) in [6, 6.07) is 16.0. The van der Waals surface area contributed by atoms with Crippen molar-refractivity contribution in [3.63, 3.8) is 0 Å². The number of nitrogens with zero attached hydrogens (tertiary/aromatic N) is 2. The number of para-hydroxylation sites is 1.